The van der Waals surface area contributed by atoms with Crippen molar-refractivity contribution in [2.75, 3.05) is 0 Å². The first-order valence-electron chi connectivity index (χ1n) is 14.4. The number of halogens is 3. The van der Waals surface area contributed by atoms with Crippen LogP contribution in [0.3, 0.4) is 0 Å². The van der Waals surface area contributed by atoms with Gasteiger partial charge in [0.1, 0.15) is 26.7 Å². The predicted octanol–water partition coefficient (Wildman–Crippen LogP) is 8.35. The number of hydrogen-bond acceptors (Lipinski definition) is 6. The molecule has 0 aromatic heterocycles. The van der Waals surface area contributed by atoms with Crippen molar-refractivity contribution in [3.63, 3.8) is 0 Å². The lowest BCUT2D eigenvalue weighted by Gasteiger charge is -2.38. The molecule has 6 nitrogen and oxygen atoms in total. The molecule has 47 heavy (non-hydrogen) atoms. The Kier molecular flexibility index (Phi) is 9.00. The second-order valence-corrected chi connectivity index (χ2v) is 14.4. The smallest absolute Gasteiger partial charge is 0.379 e. The molecule has 0 aliphatic rings. The Morgan fingerprint density at radius 2 is 0.872 bits per heavy atom. The van der Waals surface area contributed by atoms with E-state index in [1.807, 2.05) is 0 Å². The van der Waals surface area contributed by atoms with Gasteiger partial charge in [-0.05, 0) is 91.9 Å². The van der Waals surface area contributed by atoms with Crippen LogP contribution < -0.4 is 8.37 Å². The van der Waals surface area contributed by atoms with Crippen molar-refractivity contribution >= 4 is 20.2 Å². The highest BCUT2D eigenvalue weighted by atomic mass is 32.2. The average Bonchev–Trinajstić information content (AvgIpc) is 3.00. The molecule has 0 heterocycles. The Hall–Kier alpha value is -4.61. The van der Waals surface area contributed by atoms with Gasteiger partial charge in [-0.25, -0.2) is 0 Å². The molecule has 0 fully saturated rings. The van der Waals surface area contributed by atoms with Gasteiger partial charge in [0.05, 0.1) is 0 Å². The number of benzene rings is 5. The van der Waals surface area contributed by atoms with Crippen LogP contribution in [-0.2, 0) is 25.7 Å². The molecular formula is C36H31F3O6S2. The topological polar surface area (TPSA) is 86.7 Å². The van der Waals surface area contributed by atoms with E-state index in [9.17, 15) is 16.8 Å². The van der Waals surface area contributed by atoms with Crippen LogP contribution in [0.4, 0.5) is 13.2 Å². The van der Waals surface area contributed by atoms with Crippen LogP contribution in [0.1, 0.15) is 38.9 Å². The van der Waals surface area contributed by atoms with Crippen molar-refractivity contribution in [2.45, 2.75) is 49.1 Å². The normalized spacial score (nSPS) is 12.5. The molecule has 0 atom stereocenters. The maximum absolute atomic E-state index is 15.7. The molecule has 0 N–H and O–H groups in total. The fourth-order valence-corrected chi connectivity index (χ4v) is 7.35. The Morgan fingerprint density at radius 3 is 1.21 bits per heavy atom. The van der Waals surface area contributed by atoms with Gasteiger partial charge in [0, 0.05) is 0 Å². The van der Waals surface area contributed by atoms with Gasteiger partial charge in [-0.1, -0.05) is 90.0 Å². The summed E-state index contributed by atoms with van der Waals surface area (Å²) in [7, 11) is -8.53. The summed E-state index contributed by atoms with van der Waals surface area (Å²) in [6.45, 7) is 6.53. The zero-order chi connectivity index (χ0) is 34.2. The van der Waals surface area contributed by atoms with Gasteiger partial charge in [-0.3, -0.25) is 0 Å². The molecule has 0 unspecified atom stereocenters. The molecule has 0 amide bonds. The van der Waals surface area contributed by atoms with E-state index in [0.29, 0.717) is 0 Å². The first-order chi connectivity index (χ1) is 22.0. The molecule has 0 saturated heterocycles. The average molecular weight is 681 g/mol. The van der Waals surface area contributed by atoms with Gasteiger partial charge in [0.15, 0.2) is 0 Å². The zero-order valence-corrected chi connectivity index (χ0v) is 27.5. The highest BCUT2D eigenvalue weighted by Crippen LogP contribution is 2.52. The van der Waals surface area contributed by atoms with E-state index < -0.39 is 31.8 Å². The van der Waals surface area contributed by atoms with Crippen LogP contribution in [0.5, 0.6) is 11.5 Å². The van der Waals surface area contributed by atoms with Crippen molar-refractivity contribution in [1.82, 2.24) is 0 Å². The molecule has 11 heteroatoms. The maximum atomic E-state index is 15.7. The summed E-state index contributed by atoms with van der Waals surface area (Å²) in [5.41, 5.74) is -1.25. The molecule has 0 bridgehead atoms. The number of rotatable bonds is 9. The van der Waals surface area contributed by atoms with Gasteiger partial charge >= 0.3 is 26.4 Å². The summed E-state index contributed by atoms with van der Waals surface area (Å²) in [6, 6.07) is 26.6. The quantitative estimate of drug-likeness (QED) is 0.115. The number of aryl methyl sites for hydroxylation is 4. The second-order valence-electron chi connectivity index (χ2n) is 11.3. The SMILES string of the molecule is Cc1ccc(S(=O)(=O)Oc2ccc(C(c3ccccc3)(c3ccc(OS(=O)(=O)c4ccc(C)cc4)c(C)c3)C(F)(F)F)cc2C)cc1. The third-order valence-corrected chi connectivity index (χ3v) is 10.4. The Balaban J connectivity index is 1.61. The van der Waals surface area contributed by atoms with E-state index in [1.165, 1.54) is 98.8 Å². The standard InChI is InChI=1S/C36H31F3O6S2/c1-24-10-16-31(17-11-24)46(40,41)44-33-20-14-29(22-26(33)3)35(36(37,38)39,28-8-6-5-7-9-28)30-15-21-34(27(4)23-30)45-47(42,43)32-18-12-25(2)13-19-32/h5-23H,1-4H3. The molecule has 0 aliphatic carbocycles. The maximum Gasteiger partial charge on any atom is 0.406 e. The van der Waals surface area contributed by atoms with Crippen LogP contribution >= 0.6 is 0 Å². The van der Waals surface area contributed by atoms with Gasteiger partial charge in [-0.15, -0.1) is 0 Å². The lowest BCUT2D eigenvalue weighted by molar-refractivity contribution is -0.166. The Labute approximate surface area is 272 Å². The minimum atomic E-state index is -4.92. The van der Waals surface area contributed by atoms with Crippen molar-refractivity contribution in [1.29, 1.82) is 0 Å². The molecule has 5 aromatic rings. The van der Waals surface area contributed by atoms with E-state index in [0.717, 1.165) is 11.1 Å². The van der Waals surface area contributed by atoms with Crippen LogP contribution in [0, 0.1) is 27.7 Å². The summed E-state index contributed by atoms with van der Waals surface area (Å²) < 4.78 is 110. The Bertz CT molecular complexity index is 2000. The molecule has 0 spiro atoms. The van der Waals surface area contributed by atoms with E-state index in [4.69, 9.17) is 8.37 Å². The highest BCUT2D eigenvalue weighted by molar-refractivity contribution is 7.87. The largest absolute Gasteiger partial charge is 0.406 e. The summed E-state index contributed by atoms with van der Waals surface area (Å²) in [4.78, 5) is -0.189. The van der Waals surface area contributed by atoms with Crippen molar-refractivity contribution < 1.29 is 38.4 Å². The molecule has 5 aromatic carbocycles. The first-order valence-corrected chi connectivity index (χ1v) is 17.2. The third kappa shape index (κ3) is 6.63. The first kappa shape index (κ1) is 33.7. The van der Waals surface area contributed by atoms with Crippen molar-refractivity contribution in [3.05, 3.63) is 154 Å². The predicted molar refractivity (Wildman–Crippen MR) is 173 cm³/mol. The minimum absolute atomic E-state index is 0.0947. The van der Waals surface area contributed by atoms with E-state index in [-0.39, 0.29) is 49.1 Å². The number of alkyl halides is 3. The monoisotopic (exact) mass is 680 g/mol. The van der Waals surface area contributed by atoms with Gasteiger partial charge in [0.25, 0.3) is 0 Å². The molecular weight excluding hydrogens is 650 g/mol. The summed E-state index contributed by atoms with van der Waals surface area (Å²) in [6.07, 6.45) is -4.92. The Morgan fingerprint density at radius 1 is 0.489 bits per heavy atom. The fraction of sp³-hybridized carbons (Fsp3) is 0.167. The van der Waals surface area contributed by atoms with Crippen LogP contribution in [0.2, 0.25) is 0 Å². The molecule has 244 valence electrons. The van der Waals surface area contributed by atoms with Gasteiger partial charge < -0.3 is 8.37 Å². The summed E-state index contributed by atoms with van der Waals surface area (Å²) in [5, 5.41) is 0. The third-order valence-electron chi connectivity index (χ3n) is 7.87. The second kappa shape index (κ2) is 12.5. The summed E-state index contributed by atoms with van der Waals surface area (Å²) >= 11 is 0. The lowest BCUT2D eigenvalue weighted by atomic mass is 9.68. The van der Waals surface area contributed by atoms with Crippen LogP contribution in [0.25, 0.3) is 0 Å². The molecule has 5 rings (SSSR count). The van der Waals surface area contributed by atoms with E-state index >= 15 is 13.2 Å². The van der Waals surface area contributed by atoms with E-state index in [2.05, 4.69) is 0 Å². The van der Waals surface area contributed by atoms with Gasteiger partial charge in [-0.2, -0.15) is 30.0 Å². The van der Waals surface area contributed by atoms with E-state index in [1.54, 1.807) is 44.2 Å². The zero-order valence-electron chi connectivity index (χ0n) is 25.9. The minimum Gasteiger partial charge on any atom is -0.379 e. The fourth-order valence-electron chi connectivity index (χ4n) is 5.37. The van der Waals surface area contributed by atoms with Gasteiger partial charge in [0.2, 0.25) is 0 Å². The van der Waals surface area contributed by atoms with Crippen LogP contribution in [0.15, 0.2) is 125 Å². The van der Waals surface area contributed by atoms with Crippen molar-refractivity contribution in [3.8, 4) is 11.5 Å². The summed E-state index contributed by atoms with van der Waals surface area (Å²) in [5.74, 6) is -0.251. The highest BCUT2D eigenvalue weighted by Gasteiger charge is 2.58. The molecule has 0 saturated carbocycles. The van der Waals surface area contributed by atoms with Crippen LogP contribution in [-0.4, -0.2) is 23.0 Å². The molecule has 0 aliphatic heterocycles. The lowest BCUT2D eigenvalue weighted by Crippen LogP contribution is -2.44. The van der Waals surface area contributed by atoms with Crippen molar-refractivity contribution in [2.24, 2.45) is 0 Å². The number of hydrogen-bond donors (Lipinski definition) is 0. The molecule has 0 radical (unpaired) electrons.